The SMILES string of the molecule is O=[N+]([O-])c1cccc(S(=O)(=O)N2CCN(Cc3cccc(Cl)c3)CC2)c1. The molecular formula is C17H18ClN3O4S. The molecular weight excluding hydrogens is 378 g/mol. The lowest BCUT2D eigenvalue weighted by Crippen LogP contribution is -2.48. The van der Waals surface area contributed by atoms with E-state index >= 15 is 0 Å². The molecule has 9 heteroatoms. The second kappa shape index (κ2) is 7.71. The molecule has 1 aliphatic rings. The third kappa shape index (κ3) is 4.21. The Morgan fingerprint density at radius 2 is 1.73 bits per heavy atom. The molecule has 1 aliphatic heterocycles. The fourth-order valence-electron chi connectivity index (χ4n) is 2.93. The van der Waals surface area contributed by atoms with E-state index in [-0.39, 0.29) is 10.6 Å². The van der Waals surface area contributed by atoms with Gasteiger partial charge in [0.05, 0.1) is 9.82 Å². The maximum Gasteiger partial charge on any atom is 0.270 e. The highest BCUT2D eigenvalue weighted by molar-refractivity contribution is 7.89. The molecule has 3 rings (SSSR count). The lowest BCUT2D eigenvalue weighted by molar-refractivity contribution is -0.385. The maximum atomic E-state index is 12.7. The molecule has 2 aromatic rings. The summed E-state index contributed by atoms with van der Waals surface area (Å²) in [7, 11) is -3.74. The number of nitrogens with zero attached hydrogens (tertiary/aromatic N) is 3. The summed E-state index contributed by atoms with van der Waals surface area (Å²) in [4.78, 5) is 12.4. The number of nitro benzene ring substituents is 1. The van der Waals surface area contributed by atoms with E-state index in [1.54, 1.807) is 0 Å². The first-order chi connectivity index (χ1) is 12.4. The van der Waals surface area contributed by atoms with Gasteiger partial charge in [0, 0.05) is 49.9 Å². The summed E-state index contributed by atoms with van der Waals surface area (Å²) >= 11 is 5.99. The van der Waals surface area contributed by atoms with E-state index in [0.717, 1.165) is 11.6 Å². The molecule has 0 amide bonds. The second-order valence-corrected chi connectivity index (χ2v) is 8.44. The summed E-state index contributed by atoms with van der Waals surface area (Å²) in [6, 6.07) is 12.7. The normalized spacial score (nSPS) is 16.5. The molecule has 0 saturated carbocycles. The van der Waals surface area contributed by atoms with Gasteiger partial charge in [0.15, 0.2) is 0 Å². The van der Waals surface area contributed by atoms with E-state index in [0.29, 0.717) is 37.7 Å². The zero-order valence-corrected chi connectivity index (χ0v) is 15.5. The van der Waals surface area contributed by atoms with E-state index in [1.807, 2.05) is 24.3 Å². The molecule has 0 spiro atoms. The van der Waals surface area contributed by atoms with E-state index in [9.17, 15) is 18.5 Å². The van der Waals surface area contributed by atoms with Gasteiger partial charge in [-0.1, -0.05) is 29.8 Å². The lowest BCUT2D eigenvalue weighted by atomic mass is 10.2. The van der Waals surface area contributed by atoms with Gasteiger partial charge in [-0.2, -0.15) is 4.31 Å². The van der Waals surface area contributed by atoms with Crippen LogP contribution in [-0.2, 0) is 16.6 Å². The Morgan fingerprint density at radius 3 is 2.38 bits per heavy atom. The van der Waals surface area contributed by atoms with Gasteiger partial charge < -0.3 is 0 Å². The number of hydrogen-bond donors (Lipinski definition) is 0. The predicted molar refractivity (Wildman–Crippen MR) is 98.6 cm³/mol. The van der Waals surface area contributed by atoms with Gasteiger partial charge in [-0.15, -0.1) is 0 Å². The number of hydrogen-bond acceptors (Lipinski definition) is 5. The Balaban J connectivity index is 1.67. The third-order valence-electron chi connectivity index (χ3n) is 4.29. The van der Waals surface area contributed by atoms with Crippen molar-refractivity contribution in [1.82, 2.24) is 9.21 Å². The highest BCUT2D eigenvalue weighted by Gasteiger charge is 2.29. The smallest absolute Gasteiger partial charge is 0.270 e. The number of piperazine rings is 1. The van der Waals surface area contributed by atoms with Crippen molar-refractivity contribution in [1.29, 1.82) is 0 Å². The average molecular weight is 396 g/mol. The van der Waals surface area contributed by atoms with Crippen molar-refractivity contribution in [3.8, 4) is 0 Å². The number of halogens is 1. The van der Waals surface area contributed by atoms with Crippen LogP contribution in [0.5, 0.6) is 0 Å². The second-order valence-electron chi connectivity index (χ2n) is 6.06. The molecule has 2 aromatic carbocycles. The van der Waals surface area contributed by atoms with Crippen LogP contribution in [0.4, 0.5) is 5.69 Å². The van der Waals surface area contributed by atoms with Crippen LogP contribution in [0.25, 0.3) is 0 Å². The fraction of sp³-hybridized carbons (Fsp3) is 0.294. The summed E-state index contributed by atoms with van der Waals surface area (Å²) in [5.74, 6) is 0. The van der Waals surface area contributed by atoms with Gasteiger partial charge in [0.25, 0.3) is 5.69 Å². The third-order valence-corrected chi connectivity index (χ3v) is 6.42. The van der Waals surface area contributed by atoms with E-state index in [4.69, 9.17) is 11.6 Å². The topological polar surface area (TPSA) is 83.8 Å². The monoisotopic (exact) mass is 395 g/mol. The van der Waals surface area contributed by atoms with Gasteiger partial charge >= 0.3 is 0 Å². The lowest BCUT2D eigenvalue weighted by Gasteiger charge is -2.34. The van der Waals surface area contributed by atoms with Crippen molar-refractivity contribution in [2.75, 3.05) is 26.2 Å². The van der Waals surface area contributed by atoms with Crippen molar-refractivity contribution in [2.24, 2.45) is 0 Å². The van der Waals surface area contributed by atoms with Crippen molar-refractivity contribution < 1.29 is 13.3 Å². The first-order valence-electron chi connectivity index (χ1n) is 8.08. The van der Waals surface area contributed by atoms with Crippen molar-refractivity contribution >= 4 is 27.3 Å². The van der Waals surface area contributed by atoms with Gasteiger partial charge in [-0.3, -0.25) is 15.0 Å². The highest BCUT2D eigenvalue weighted by Crippen LogP contribution is 2.22. The predicted octanol–water partition coefficient (Wildman–Crippen LogP) is 2.75. The molecule has 7 nitrogen and oxygen atoms in total. The Bertz CT molecular complexity index is 912. The van der Waals surface area contributed by atoms with Crippen LogP contribution in [0.2, 0.25) is 5.02 Å². The largest absolute Gasteiger partial charge is 0.296 e. The minimum absolute atomic E-state index is 0.0463. The van der Waals surface area contributed by atoms with Gasteiger partial charge in [0.1, 0.15) is 0 Å². The molecule has 0 unspecified atom stereocenters. The van der Waals surface area contributed by atoms with Crippen LogP contribution in [0.3, 0.4) is 0 Å². The number of nitro groups is 1. The Kier molecular flexibility index (Phi) is 5.57. The molecule has 1 saturated heterocycles. The van der Waals surface area contributed by atoms with Gasteiger partial charge in [0.2, 0.25) is 10.0 Å². The average Bonchev–Trinajstić information content (AvgIpc) is 2.62. The van der Waals surface area contributed by atoms with Crippen LogP contribution < -0.4 is 0 Å². The number of benzene rings is 2. The number of rotatable bonds is 5. The molecule has 0 bridgehead atoms. The summed E-state index contributed by atoms with van der Waals surface area (Å²) in [5, 5.41) is 11.6. The first kappa shape index (κ1) is 18.8. The summed E-state index contributed by atoms with van der Waals surface area (Å²) in [5.41, 5.74) is 0.846. The molecule has 0 N–H and O–H groups in total. The molecule has 26 heavy (non-hydrogen) atoms. The molecule has 1 fully saturated rings. The summed E-state index contributed by atoms with van der Waals surface area (Å²) in [6.45, 7) is 2.55. The van der Waals surface area contributed by atoms with E-state index in [1.165, 1.54) is 22.5 Å². The minimum atomic E-state index is -3.74. The van der Waals surface area contributed by atoms with E-state index in [2.05, 4.69) is 4.90 Å². The Morgan fingerprint density at radius 1 is 1.04 bits per heavy atom. The van der Waals surface area contributed by atoms with Crippen molar-refractivity contribution in [3.05, 3.63) is 69.2 Å². The van der Waals surface area contributed by atoms with Crippen LogP contribution in [0.1, 0.15) is 5.56 Å². The van der Waals surface area contributed by atoms with E-state index < -0.39 is 14.9 Å². The molecule has 138 valence electrons. The van der Waals surface area contributed by atoms with Crippen LogP contribution in [-0.4, -0.2) is 48.7 Å². The standard InChI is InChI=1S/C17H18ClN3O4S/c18-15-4-1-3-14(11-15)13-19-7-9-20(10-8-19)26(24,25)17-6-2-5-16(12-17)21(22)23/h1-6,11-12H,7-10,13H2. The summed E-state index contributed by atoms with van der Waals surface area (Å²) in [6.07, 6.45) is 0. The molecule has 0 aromatic heterocycles. The molecule has 1 heterocycles. The first-order valence-corrected chi connectivity index (χ1v) is 9.89. The van der Waals surface area contributed by atoms with Crippen LogP contribution >= 0.6 is 11.6 Å². The van der Waals surface area contributed by atoms with Crippen molar-refractivity contribution in [3.63, 3.8) is 0 Å². The van der Waals surface area contributed by atoms with Crippen molar-refractivity contribution in [2.45, 2.75) is 11.4 Å². The Hall–Kier alpha value is -2.00. The zero-order valence-electron chi connectivity index (χ0n) is 13.9. The quantitative estimate of drug-likeness (QED) is 0.574. The van der Waals surface area contributed by atoms with Crippen LogP contribution in [0, 0.1) is 10.1 Å². The Labute approximate surface area is 157 Å². The minimum Gasteiger partial charge on any atom is -0.296 e. The fourth-order valence-corrected chi connectivity index (χ4v) is 4.60. The van der Waals surface area contributed by atoms with Gasteiger partial charge in [-0.05, 0) is 23.8 Å². The molecule has 0 aliphatic carbocycles. The van der Waals surface area contributed by atoms with Gasteiger partial charge in [-0.25, -0.2) is 8.42 Å². The molecule has 0 atom stereocenters. The summed E-state index contributed by atoms with van der Waals surface area (Å²) < 4.78 is 26.9. The molecule has 0 radical (unpaired) electrons. The zero-order chi connectivity index (χ0) is 18.7. The number of sulfonamides is 1. The number of non-ortho nitro benzene ring substituents is 1. The maximum absolute atomic E-state index is 12.7. The highest BCUT2D eigenvalue weighted by atomic mass is 35.5. The van der Waals surface area contributed by atoms with Crippen LogP contribution in [0.15, 0.2) is 53.4 Å².